The van der Waals surface area contributed by atoms with E-state index in [0.717, 1.165) is 12.3 Å². The van der Waals surface area contributed by atoms with E-state index in [1.54, 1.807) is 0 Å². The fraction of sp³-hybridized carbons (Fsp3) is 0.500. The van der Waals surface area contributed by atoms with E-state index in [1.807, 2.05) is 0 Å². The SMILES string of the molecule is CC(C)(CCNC(=O)c1ccc(OCC(F)(F)F)nc1)C(=O)O. The molecule has 0 aliphatic rings. The number of nitrogens with one attached hydrogen (secondary N) is 1. The molecule has 0 atom stereocenters. The van der Waals surface area contributed by atoms with Crippen LogP contribution in [0.1, 0.15) is 30.6 Å². The van der Waals surface area contributed by atoms with Crippen LogP contribution in [0.3, 0.4) is 0 Å². The Kier molecular flexibility index (Phi) is 5.94. The number of alkyl halides is 3. The van der Waals surface area contributed by atoms with Crippen LogP contribution < -0.4 is 10.1 Å². The lowest BCUT2D eigenvalue weighted by atomic mass is 9.90. The first-order valence-corrected chi connectivity index (χ1v) is 6.68. The highest BCUT2D eigenvalue weighted by Crippen LogP contribution is 2.19. The summed E-state index contributed by atoms with van der Waals surface area (Å²) >= 11 is 0. The summed E-state index contributed by atoms with van der Waals surface area (Å²) in [6, 6.07) is 2.43. The number of amides is 1. The third-order valence-corrected chi connectivity index (χ3v) is 3.00. The van der Waals surface area contributed by atoms with E-state index in [2.05, 4.69) is 15.0 Å². The minimum absolute atomic E-state index is 0.137. The molecule has 1 rings (SSSR count). The van der Waals surface area contributed by atoms with Crippen LogP contribution in [0.2, 0.25) is 0 Å². The van der Waals surface area contributed by atoms with Crippen molar-refractivity contribution in [3.05, 3.63) is 23.9 Å². The minimum atomic E-state index is -4.46. The quantitative estimate of drug-likeness (QED) is 0.798. The molecule has 0 aliphatic heterocycles. The van der Waals surface area contributed by atoms with Gasteiger partial charge in [0.15, 0.2) is 6.61 Å². The fourth-order valence-electron chi connectivity index (χ4n) is 1.45. The minimum Gasteiger partial charge on any atom is -0.481 e. The van der Waals surface area contributed by atoms with Gasteiger partial charge in [0.25, 0.3) is 5.91 Å². The van der Waals surface area contributed by atoms with E-state index < -0.39 is 30.1 Å². The molecule has 0 aliphatic carbocycles. The lowest BCUT2D eigenvalue weighted by molar-refractivity contribution is -0.154. The van der Waals surface area contributed by atoms with Crippen molar-refractivity contribution in [2.75, 3.05) is 13.2 Å². The lowest BCUT2D eigenvalue weighted by Gasteiger charge is -2.18. The Balaban J connectivity index is 2.50. The molecule has 6 nitrogen and oxygen atoms in total. The number of aromatic nitrogens is 1. The van der Waals surface area contributed by atoms with Crippen molar-refractivity contribution >= 4 is 11.9 Å². The average Bonchev–Trinajstić information content (AvgIpc) is 2.44. The lowest BCUT2D eigenvalue weighted by Crippen LogP contribution is -2.32. The van der Waals surface area contributed by atoms with Crippen LogP contribution in [0.25, 0.3) is 0 Å². The van der Waals surface area contributed by atoms with Crippen molar-refractivity contribution in [3.8, 4) is 5.88 Å². The molecule has 0 unspecified atom stereocenters. The molecule has 1 aromatic rings. The normalized spacial score (nSPS) is 11.9. The van der Waals surface area contributed by atoms with Gasteiger partial charge >= 0.3 is 12.1 Å². The Hall–Kier alpha value is -2.32. The molecular weight excluding hydrogens is 317 g/mol. The van der Waals surface area contributed by atoms with Crippen LogP contribution in [0.15, 0.2) is 18.3 Å². The third kappa shape index (κ3) is 6.54. The molecule has 23 heavy (non-hydrogen) atoms. The van der Waals surface area contributed by atoms with Crippen molar-refractivity contribution in [1.29, 1.82) is 0 Å². The van der Waals surface area contributed by atoms with Gasteiger partial charge in [0.05, 0.1) is 11.0 Å². The van der Waals surface area contributed by atoms with Gasteiger partial charge in [0, 0.05) is 18.8 Å². The number of carbonyl (C=O) groups excluding carboxylic acids is 1. The number of hydrogen-bond donors (Lipinski definition) is 2. The summed E-state index contributed by atoms with van der Waals surface area (Å²) in [5.41, 5.74) is -0.835. The average molecular weight is 334 g/mol. The monoisotopic (exact) mass is 334 g/mol. The standard InChI is InChI=1S/C14H17F3N2O4/c1-13(2,12(21)22)5-6-18-11(20)9-3-4-10(19-7-9)23-8-14(15,16)17/h3-4,7H,5-6,8H2,1-2H3,(H,18,20)(H,21,22). The molecule has 1 heterocycles. The zero-order valence-electron chi connectivity index (χ0n) is 12.6. The molecule has 0 fully saturated rings. The second-order valence-electron chi connectivity index (χ2n) is 5.48. The smallest absolute Gasteiger partial charge is 0.422 e. The second-order valence-corrected chi connectivity index (χ2v) is 5.48. The number of rotatable bonds is 7. The van der Waals surface area contributed by atoms with Crippen LogP contribution in [0, 0.1) is 5.41 Å². The van der Waals surface area contributed by atoms with E-state index >= 15 is 0 Å². The molecule has 0 aromatic carbocycles. The molecule has 0 radical (unpaired) electrons. The Morgan fingerprint density at radius 1 is 1.30 bits per heavy atom. The predicted molar refractivity (Wildman–Crippen MR) is 74.2 cm³/mol. The maximum Gasteiger partial charge on any atom is 0.422 e. The molecule has 0 spiro atoms. The van der Waals surface area contributed by atoms with Gasteiger partial charge in [-0.25, -0.2) is 4.98 Å². The van der Waals surface area contributed by atoms with Gasteiger partial charge in [-0.05, 0) is 26.3 Å². The molecule has 1 aromatic heterocycles. The molecule has 9 heteroatoms. The highest BCUT2D eigenvalue weighted by molar-refractivity contribution is 5.93. The summed E-state index contributed by atoms with van der Waals surface area (Å²) in [7, 11) is 0. The highest BCUT2D eigenvalue weighted by Gasteiger charge is 2.29. The van der Waals surface area contributed by atoms with E-state index in [0.29, 0.717) is 0 Å². The van der Waals surface area contributed by atoms with Crippen LogP contribution in [-0.2, 0) is 4.79 Å². The molecule has 0 saturated carbocycles. The van der Waals surface area contributed by atoms with Gasteiger partial charge in [-0.3, -0.25) is 9.59 Å². The Labute approximate surface area is 130 Å². The number of ether oxygens (including phenoxy) is 1. The number of pyridine rings is 1. The number of carbonyl (C=O) groups is 2. The summed E-state index contributed by atoms with van der Waals surface area (Å²) in [5.74, 6) is -1.72. The molecule has 1 amide bonds. The van der Waals surface area contributed by atoms with Crippen molar-refractivity contribution in [2.45, 2.75) is 26.4 Å². The number of nitrogens with zero attached hydrogens (tertiary/aromatic N) is 1. The van der Waals surface area contributed by atoms with Crippen molar-refractivity contribution in [2.24, 2.45) is 5.41 Å². The van der Waals surface area contributed by atoms with Crippen LogP contribution >= 0.6 is 0 Å². The zero-order valence-corrected chi connectivity index (χ0v) is 12.6. The van der Waals surface area contributed by atoms with E-state index in [1.165, 1.54) is 19.9 Å². The first-order valence-electron chi connectivity index (χ1n) is 6.68. The molecule has 2 N–H and O–H groups in total. The van der Waals surface area contributed by atoms with E-state index in [-0.39, 0.29) is 24.4 Å². The predicted octanol–water partition coefficient (Wildman–Crippen LogP) is 2.25. The van der Waals surface area contributed by atoms with E-state index in [4.69, 9.17) is 5.11 Å². The molecule has 0 bridgehead atoms. The van der Waals surface area contributed by atoms with Gasteiger partial charge in [0.2, 0.25) is 5.88 Å². The van der Waals surface area contributed by atoms with Crippen LogP contribution in [-0.4, -0.2) is 41.3 Å². The second kappa shape index (κ2) is 7.30. The Bertz CT molecular complexity index is 556. The third-order valence-electron chi connectivity index (χ3n) is 3.00. The summed E-state index contributed by atoms with van der Waals surface area (Å²) < 4.78 is 40.4. The van der Waals surface area contributed by atoms with Crippen molar-refractivity contribution in [3.63, 3.8) is 0 Å². The van der Waals surface area contributed by atoms with Crippen LogP contribution in [0.4, 0.5) is 13.2 Å². The summed E-state index contributed by atoms with van der Waals surface area (Å²) in [4.78, 5) is 26.3. The van der Waals surface area contributed by atoms with Gasteiger partial charge in [0.1, 0.15) is 0 Å². The maximum absolute atomic E-state index is 12.0. The summed E-state index contributed by atoms with van der Waals surface area (Å²) in [6.07, 6.45) is -3.15. The van der Waals surface area contributed by atoms with Gasteiger partial charge in [-0.2, -0.15) is 13.2 Å². The van der Waals surface area contributed by atoms with Crippen molar-refractivity contribution in [1.82, 2.24) is 10.3 Å². The highest BCUT2D eigenvalue weighted by atomic mass is 19.4. The number of hydrogen-bond acceptors (Lipinski definition) is 4. The number of carboxylic acid groups (broad SMARTS) is 1. The topological polar surface area (TPSA) is 88.5 Å². The maximum atomic E-state index is 12.0. The Morgan fingerprint density at radius 2 is 1.96 bits per heavy atom. The van der Waals surface area contributed by atoms with Crippen molar-refractivity contribution < 1.29 is 32.6 Å². The molecule has 0 saturated heterocycles. The summed E-state index contributed by atoms with van der Waals surface area (Å²) in [6.45, 7) is 1.76. The number of aliphatic carboxylic acids is 1. The van der Waals surface area contributed by atoms with Crippen LogP contribution in [0.5, 0.6) is 5.88 Å². The largest absolute Gasteiger partial charge is 0.481 e. The first kappa shape index (κ1) is 18.7. The molecule has 128 valence electrons. The molecular formula is C14H17F3N2O4. The van der Waals surface area contributed by atoms with E-state index in [9.17, 15) is 22.8 Å². The van der Waals surface area contributed by atoms with Gasteiger partial charge in [-0.1, -0.05) is 0 Å². The fourth-order valence-corrected chi connectivity index (χ4v) is 1.45. The zero-order chi connectivity index (χ0) is 17.7. The summed E-state index contributed by atoms with van der Waals surface area (Å²) in [5, 5.41) is 11.5. The number of halogens is 3. The van der Waals surface area contributed by atoms with Gasteiger partial charge in [-0.15, -0.1) is 0 Å². The first-order chi connectivity index (χ1) is 10.5. The Morgan fingerprint density at radius 3 is 2.43 bits per heavy atom. The van der Waals surface area contributed by atoms with Gasteiger partial charge < -0.3 is 15.2 Å². The number of carboxylic acids is 1.